The molecule has 5 nitrogen and oxygen atoms in total. The van der Waals surface area contributed by atoms with Crippen molar-refractivity contribution >= 4 is 11.5 Å². The number of methoxy groups -OCH3 is 1. The molecule has 0 amide bonds. The Bertz CT molecular complexity index is 564. The van der Waals surface area contributed by atoms with Gasteiger partial charge < -0.3 is 19.4 Å². The fourth-order valence-corrected chi connectivity index (χ4v) is 2.52. The summed E-state index contributed by atoms with van der Waals surface area (Å²) >= 11 is 0. The fraction of sp³-hybridized carbons (Fsp3) is 0.562. The Kier molecular flexibility index (Phi) is 5.59. The lowest BCUT2D eigenvalue weighted by Gasteiger charge is -2.20. The van der Waals surface area contributed by atoms with Gasteiger partial charge in [-0.15, -0.1) is 0 Å². The number of nitrogens with zero attached hydrogens (tertiary/aromatic N) is 3. The van der Waals surface area contributed by atoms with E-state index >= 15 is 0 Å². The monoisotopic (exact) mass is 290 g/mol. The van der Waals surface area contributed by atoms with Gasteiger partial charge in [-0.25, -0.2) is 4.98 Å². The molecule has 0 saturated carbocycles. The zero-order valence-electron chi connectivity index (χ0n) is 13.5. The number of hydrogen-bond acceptors (Lipinski definition) is 4. The second-order valence-electron chi connectivity index (χ2n) is 5.75. The molecule has 0 spiro atoms. The third kappa shape index (κ3) is 3.95. The Morgan fingerprint density at radius 1 is 1.38 bits per heavy atom. The molecule has 0 radical (unpaired) electrons. The summed E-state index contributed by atoms with van der Waals surface area (Å²) < 4.78 is 7.24. The summed E-state index contributed by atoms with van der Waals surface area (Å²) in [5.74, 6) is 1.66. The molecule has 2 rings (SSSR count). The van der Waals surface area contributed by atoms with Crippen molar-refractivity contribution in [2.75, 3.05) is 38.8 Å². The van der Waals surface area contributed by atoms with Gasteiger partial charge in [-0.1, -0.05) is 19.9 Å². The van der Waals surface area contributed by atoms with Crippen LogP contribution in [0.15, 0.2) is 24.4 Å². The normalized spacial score (nSPS) is 11.5. The van der Waals surface area contributed by atoms with Crippen LogP contribution in [0.5, 0.6) is 0 Å². The second kappa shape index (κ2) is 7.43. The van der Waals surface area contributed by atoms with Gasteiger partial charge in [0.1, 0.15) is 5.65 Å². The van der Waals surface area contributed by atoms with Crippen LogP contribution in [0.25, 0.3) is 5.65 Å². The number of fused-ring (bicyclic) bond motifs is 1. The molecule has 0 aliphatic heterocycles. The van der Waals surface area contributed by atoms with Crippen molar-refractivity contribution in [2.45, 2.75) is 20.4 Å². The van der Waals surface area contributed by atoms with E-state index in [4.69, 9.17) is 9.72 Å². The average molecular weight is 290 g/mol. The van der Waals surface area contributed by atoms with Crippen LogP contribution in [-0.2, 0) is 11.3 Å². The molecule has 1 N–H and O–H groups in total. The summed E-state index contributed by atoms with van der Waals surface area (Å²) in [5, 5.41) is 3.42. The highest BCUT2D eigenvalue weighted by atomic mass is 16.5. The van der Waals surface area contributed by atoms with E-state index in [9.17, 15) is 0 Å². The summed E-state index contributed by atoms with van der Waals surface area (Å²) in [7, 11) is 3.83. The third-order valence-electron chi connectivity index (χ3n) is 3.38. The molecule has 2 aromatic rings. The van der Waals surface area contributed by atoms with Crippen LogP contribution < -0.4 is 10.2 Å². The number of pyridine rings is 1. The number of ether oxygens (including phenoxy) is 1. The van der Waals surface area contributed by atoms with Gasteiger partial charge in [0.25, 0.3) is 0 Å². The molecule has 0 aliphatic carbocycles. The Hall–Kier alpha value is -1.59. The van der Waals surface area contributed by atoms with E-state index in [2.05, 4.69) is 41.7 Å². The van der Waals surface area contributed by atoms with E-state index in [-0.39, 0.29) is 0 Å². The van der Waals surface area contributed by atoms with Crippen molar-refractivity contribution in [1.82, 2.24) is 14.7 Å². The van der Waals surface area contributed by atoms with E-state index in [1.54, 1.807) is 7.11 Å². The molecule has 0 saturated heterocycles. The van der Waals surface area contributed by atoms with Gasteiger partial charge in [-0.2, -0.15) is 0 Å². The predicted octanol–water partition coefficient (Wildman–Crippen LogP) is 2.16. The van der Waals surface area contributed by atoms with Crippen molar-refractivity contribution in [3.05, 3.63) is 30.1 Å². The Labute approximate surface area is 126 Å². The fourth-order valence-electron chi connectivity index (χ4n) is 2.52. The molecule has 21 heavy (non-hydrogen) atoms. The average Bonchev–Trinajstić information content (AvgIpc) is 2.82. The molecule has 116 valence electrons. The van der Waals surface area contributed by atoms with Gasteiger partial charge in [-0.05, 0) is 18.1 Å². The minimum atomic E-state index is 0.606. The maximum absolute atomic E-state index is 5.08. The predicted molar refractivity (Wildman–Crippen MR) is 86.9 cm³/mol. The molecule has 0 bridgehead atoms. The maximum Gasteiger partial charge on any atom is 0.152 e. The number of aromatic nitrogens is 2. The first kappa shape index (κ1) is 15.8. The lowest BCUT2D eigenvalue weighted by atomic mass is 10.2. The quantitative estimate of drug-likeness (QED) is 0.757. The van der Waals surface area contributed by atoms with Crippen LogP contribution in [0, 0.1) is 5.92 Å². The molecule has 0 aromatic carbocycles. The highest BCUT2D eigenvalue weighted by Gasteiger charge is 2.15. The van der Waals surface area contributed by atoms with E-state index in [1.807, 2.05) is 18.2 Å². The molecule has 0 fully saturated rings. The largest absolute Gasteiger partial charge is 0.383 e. The molecule has 0 unspecified atom stereocenters. The Morgan fingerprint density at radius 2 is 2.19 bits per heavy atom. The number of imidazole rings is 1. The summed E-state index contributed by atoms with van der Waals surface area (Å²) in [4.78, 5) is 7.02. The van der Waals surface area contributed by atoms with Crippen molar-refractivity contribution < 1.29 is 4.74 Å². The van der Waals surface area contributed by atoms with E-state index < -0.39 is 0 Å². The first-order valence-corrected chi connectivity index (χ1v) is 7.50. The highest BCUT2D eigenvalue weighted by Crippen LogP contribution is 2.21. The molecule has 0 atom stereocenters. The van der Waals surface area contributed by atoms with Gasteiger partial charge >= 0.3 is 0 Å². The van der Waals surface area contributed by atoms with E-state index in [1.165, 1.54) is 5.69 Å². The summed E-state index contributed by atoms with van der Waals surface area (Å²) in [6.07, 6.45) is 2.07. The van der Waals surface area contributed by atoms with Gasteiger partial charge in [0.05, 0.1) is 12.3 Å². The van der Waals surface area contributed by atoms with E-state index in [0.717, 1.165) is 31.1 Å². The summed E-state index contributed by atoms with van der Waals surface area (Å²) in [6, 6.07) is 6.11. The van der Waals surface area contributed by atoms with Gasteiger partial charge in [0, 0.05) is 40.0 Å². The van der Waals surface area contributed by atoms with Crippen molar-refractivity contribution in [1.29, 1.82) is 0 Å². The van der Waals surface area contributed by atoms with Crippen LogP contribution >= 0.6 is 0 Å². The topological polar surface area (TPSA) is 41.8 Å². The molecular weight excluding hydrogens is 264 g/mol. The SMILES string of the molecule is COCCNCc1c(N(C)CC(C)C)nc2ccccn12. The van der Waals surface area contributed by atoms with Gasteiger partial charge in [0.2, 0.25) is 0 Å². The zero-order chi connectivity index (χ0) is 15.2. The highest BCUT2D eigenvalue weighted by molar-refractivity contribution is 5.55. The van der Waals surface area contributed by atoms with Crippen molar-refractivity contribution in [3.63, 3.8) is 0 Å². The Balaban J connectivity index is 2.25. The molecule has 5 heteroatoms. The second-order valence-corrected chi connectivity index (χ2v) is 5.75. The van der Waals surface area contributed by atoms with Crippen LogP contribution in [0.3, 0.4) is 0 Å². The first-order chi connectivity index (χ1) is 10.1. The number of rotatable bonds is 8. The van der Waals surface area contributed by atoms with Crippen molar-refractivity contribution in [3.8, 4) is 0 Å². The molecule has 2 heterocycles. The van der Waals surface area contributed by atoms with E-state index in [0.29, 0.717) is 12.5 Å². The molecule has 2 aromatic heterocycles. The lowest BCUT2D eigenvalue weighted by Crippen LogP contribution is -2.26. The van der Waals surface area contributed by atoms with Crippen LogP contribution in [0.1, 0.15) is 19.5 Å². The minimum absolute atomic E-state index is 0.606. The van der Waals surface area contributed by atoms with Crippen LogP contribution in [0.4, 0.5) is 5.82 Å². The lowest BCUT2D eigenvalue weighted by molar-refractivity contribution is 0.199. The van der Waals surface area contributed by atoms with Gasteiger partial charge in [-0.3, -0.25) is 0 Å². The smallest absolute Gasteiger partial charge is 0.152 e. The molecular formula is C16H26N4O. The van der Waals surface area contributed by atoms with Crippen LogP contribution in [-0.4, -0.2) is 43.2 Å². The Morgan fingerprint density at radius 3 is 2.90 bits per heavy atom. The maximum atomic E-state index is 5.08. The number of hydrogen-bond donors (Lipinski definition) is 1. The van der Waals surface area contributed by atoms with Crippen molar-refractivity contribution in [2.24, 2.45) is 5.92 Å². The molecule has 0 aliphatic rings. The first-order valence-electron chi connectivity index (χ1n) is 7.50. The number of nitrogens with one attached hydrogen (secondary N) is 1. The summed E-state index contributed by atoms with van der Waals surface area (Å²) in [5.41, 5.74) is 2.19. The van der Waals surface area contributed by atoms with Crippen LogP contribution in [0.2, 0.25) is 0 Å². The number of anilines is 1. The minimum Gasteiger partial charge on any atom is -0.383 e. The van der Waals surface area contributed by atoms with Gasteiger partial charge in [0.15, 0.2) is 5.82 Å². The zero-order valence-corrected chi connectivity index (χ0v) is 13.5. The standard InChI is InChI=1S/C16H26N4O/c1-13(2)12-19(3)16-14(11-17-8-10-21-4)20-9-6-5-7-15(20)18-16/h5-7,9,13,17H,8,10-12H2,1-4H3. The summed E-state index contributed by atoms with van der Waals surface area (Å²) in [6.45, 7) is 7.78. The third-order valence-corrected chi connectivity index (χ3v) is 3.38.